The summed E-state index contributed by atoms with van der Waals surface area (Å²) in [5.41, 5.74) is 2.05. The summed E-state index contributed by atoms with van der Waals surface area (Å²) in [6.45, 7) is 0. The van der Waals surface area contributed by atoms with Crippen LogP contribution < -0.4 is 24.0 Å². The predicted octanol–water partition coefficient (Wildman–Crippen LogP) is -2.56. The minimum absolute atomic E-state index is 0. The zero-order chi connectivity index (χ0) is 11.4. The fraction of sp³-hybridized carbons (Fsp3) is 0.0833. The molecule has 2 rings (SSSR count). The molecule has 4 nitrogen and oxygen atoms in total. The number of aromatic nitrogens is 2. The van der Waals surface area contributed by atoms with Gasteiger partial charge in [0.05, 0.1) is 11.4 Å². The number of carbonyl (C=O) groups is 1. The Balaban J connectivity index is 0.00000144. The molecule has 80 valence electrons. The monoisotopic (exact) mass is 220 g/mol. The average molecular weight is 220 g/mol. The van der Waals surface area contributed by atoms with E-state index in [-0.39, 0.29) is 25.3 Å². The molecule has 0 aliphatic heterocycles. The van der Waals surface area contributed by atoms with Gasteiger partial charge >= 0.3 is 18.9 Å². The fourth-order valence-electron chi connectivity index (χ4n) is 1.41. The van der Waals surface area contributed by atoms with Gasteiger partial charge in [0.25, 0.3) is 0 Å². The van der Waals surface area contributed by atoms with Gasteiger partial charge in [-0.2, -0.15) is 0 Å². The van der Waals surface area contributed by atoms with Crippen LogP contribution in [0.2, 0.25) is 0 Å². The Hall–Kier alpha value is -1.63. The minimum atomic E-state index is -1.10. The minimum Gasteiger partial charge on any atom is -0.550 e. The molecule has 0 N–H and O–H groups in total. The van der Waals surface area contributed by atoms with E-state index in [1.54, 1.807) is 24.5 Å². The van der Waals surface area contributed by atoms with Gasteiger partial charge in [0, 0.05) is 24.8 Å². The summed E-state index contributed by atoms with van der Waals surface area (Å²) in [4.78, 5) is 18.8. The number of carboxylic acid groups (broad SMARTS) is 1. The molecule has 0 unspecified atom stereocenters. The first-order valence-electron chi connectivity index (χ1n) is 4.82. The smallest absolute Gasteiger partial charge is 0.550 e. The third-order valence-electron chi connectivity index (χ3n) is 2.10. The Morgan fingerprint density at radius 2 is 1.88 bits per heavy atom. The maximum Gasteiger partial charge on any atom is 1.00 e. The van der Waals surface area contributed by atoms with E-state index in [1.165, 1.54) is 0 Å². The predicted molar refractivity (Wildman–Crippen MR) is 56.2 cm³/mol. The summed E-state index contributed by atoms with van der Waals surface area (Å²) in [5, 5.41) is 10.5. The normalized spacial score (nSPS) is 9.41. The van der Waals surface area contributed by atoms with E-state index in [1.807, 2.05) is 18.2 Å². The second-order valence-electron chi connectivity index (χ2n) is 3.31. The Morgan fingerprint density at radius 3 is 2.53 bits per heavy atom. The van der Waals surface area contributed by atoms with Crippen molar-refractivity contribution in [3.05, 3.63) is 48.3 Å². The summed E-state index contributed by atoms with van der Waals surface area (Å²) < 4.78 is 0. The number of aliphatic carboxylic acids is 1. The van der Waals surface area contributed by atoms with Crippen molar-refractivity contribution in [1.29, 1.82) is 0 Å². The number of carbonyl (C=O) groups excluding carboxylic acids is 1. The van der Waals surface area contributed by atoms with Crippen LogP contribution in [0.5, 0.6) is 0 Å². The van der Waals surface area contributed by atoms with E-state index in [0.29, 0.717) is 11.3 Å². The first-order chi connectivity index (χ1) is 7.75. The van der Waals surface area contributed by atoms with Gasteiger partial charge in [-0.25, -0.2) is 0 Å². The van der Waals surface area contributed by atoms with E-state index < -0.39 is 5.97 Å². The summed E-state index contributed by atoms with van der Waals surface area (Å²) in [5.74, 6) is -1.10. The Kier molecular flexibility index (Phi) is 4.89. The number of hydrogen-bond donors (Lipinski definition) is 0. The first kappa shape index (κ1) is 13.4. The number of pyridine rings is 2. The van der Waals surface area contributed by atoms with Gasteiger partial charge in [-0.3, -0.25) is 9.97 Å². The Morgan fingerprint density at radius 1 is 1.12 bits per heavy atom. The summed E-state index contributed by atoms with van der Waals surface area (Å²) in [6, 6.07) is 8.86. The van der Waals surface area contributed by atoms with Gasteiger partial charge in [-0.15, -0.1) is 0 Å². The van der Waals surface area contributed by atoms with Gasteiger partial charge in [-0.05, 0) is 29.8 Å². The van der Waals surface area contributed by atoms with Crippen LogP contribution in [0.4, 0.5) is 0 Å². The SMILES string of the molecule is O=C([O-])Cc1ccnc(-c2ccccn2)c1.[Li+]. The molecule has 0 fully saturated rings. The molecule has 0 aliphatic rings. The van der Waals surface area contributed by atoms with Gasteiger partial charge in [-0.1, -0.05) is 6.07 Å². The zero-order valence-electron chi connectivity index (χ0n) is 9.46. The van der Waals surface area contributed by atoms with Crippen molar-refractivity contribution in [1.82, 2.24) is 9.97 Å². The first-order valence-corrected chi connectivity index (χ1v) is 4.82. The molecule has 0 aromatic carbocycles. The molecule has 2 aromatic heterocycles. The molecule has 2 aromatic rings. The zero-order valence-corrected chi connectivity index (χ0v) is 9.46. The summed E-state index contributed by atoms with van der Waals surface area (Å²) >= 11 is 0. The second kappa shape index (κ2) is 6.19. The van der Waals surface area contributed by atoms with E-state index in [2.05, 4.69) is 9.97 Å². The molecule has 17 heavy (non-hydrogen) atoms. The van der Waals surface area contributed by atoms with E-state index in [9.17, 15) is 9.90 Å². The van der Waals surface area contributed by atoms with Crippen molar-refractivity contribution >= 4 is 5.97 Å². The fourth-order valence-corrected chi connectivity index (χ4v) is 1.41. The molecule has 5 heteroatoms. The standard InChI is InChI=1S/C12H10N2O2.Li/c15-12(16)8-9-4-6-14-11(7-9)10-3-1-2-5-13-10;/h1-7H,8H2,(H,15,16);/q;+1/p-1. The molecule has 0 saturated heterocycles. The molecular formula is C12H9LiN2O2. The molecule has 0 amide bonds. The summed E-state index contributed by atoms with van der Waals surface area (Å²) in [6.07, 6.45) is 3.13. The molecule has 0 bridgehead atoms. The molecule has 2 heterocycles. The van der Waals surface area contributed by atoms with Crippen LogP contribution in [-0.2, 0) is 11.2 Å². The molecule has 0 atom stereocenters. The van der Waals surface area contributed by atoms with Crippen molar-refractivity contribution in [2.24, 2.45) is 0 Å². The van der Waals surface area contributed by atoms with Gasteiger partial charge in [0.1, 0.15) is 0 Å². The number of carboxylic acids is 1. The van der Waals surface area contributed by atoms with Crippen molar-refractivity contribution in [2.75, 3.05) is 0 Å². The van der Waals surface area contributed by atoms with Crippen LogP contribution in [0.15, 0.2) is 42.7 Å². The van der Waals surface area contributed by atoms with Crippen LogP contribution in [0.25, 0.3) is 11.4 Å². The van der Waals surface area contributed by atoms with Gasteiger partial charge in [0.2, 0.25) is 0 Å². The van der Waals surface area contributed by atoms with Crippen molar-refractivity contribution in [2.45, 2.75) is 6.42 Å². The van der Waals surface area contributed by atoms with E-state index in [0.717, 1.165) is 5.69 Å². The Bertz CT molecular complexity index is 503. The van der Waals surface area contributed by atoms with E-state index in [4.69, 9.17) is 0 Å². The number of nitrogens with zero attached hydrogens (tertiary/aromatic N) is 2. The molecular weight excluding hydrogens is 211 g/mol. The van der Waals surface area contributed by atoms with Crippen LogP contribution in [-0.4, -0.2) is 15.9 Å². The largest absolute Gasteiger partial charge is 1.00 e. The third-order valence-corrected chi connectivity index (χ3v) is 2.10. The van der Waals surface area contributed by atoms with Gasteiger partial charge in [0.15, 0.2) is 0 Å². The number of rotatable bonds is 3. The van der Waals surface area contributed by atoms with Crippen molar-refractivity contribution in [3.63, 3.8) is 0 Å². The third kappa shape index (κ3) is 3.70. The topological polar surface area (TPSA) is 65.9 Å². The van der Waals surface area contributed by atoms with Crippen LogP contribution in [0, 0.1) is 0 Å². The van der Waals surface area contributed by atoms with Crippen molar-refractivity contribution in [3.8, 4) is 11.4 Å². The maximum atomic E-state index is 10.5. The molecule has 0 aliphatic carbocycles. The molecule has 0 spiro atoms. The quantitative estimate of drug-likeness (QED) is 0.534. The van der Waals surface area contributed by atoms with Gasteiger partial charge < -0.3 is 9.90 Å². The average Bonchev–Trinajstić information content (AvgIpc) is 2.30. The van der Waals surface area contributed by atoms with Crippen LogP contribution >= 0.6 is 0 Å². The second-order valence-corrected chi connectivity index (χ2v) is 3.31. The van der Waals surface area contributed by atoms with E-state index >= 15 is 0 Å². The van der Waals surface area contributed by atoms with Crippen molar-refractivity contribution < 1.29 is 28.8 Å². The molecule has 0 saturated carbocycles. The summed E-state index contributed by atoms with van der Waals surface area (Å²) in [7, 11) is 0. The molecule has 0 radical (unpaired) electrons. The van der Waals surface area contributed by atoms with Crippen LogP contribution in [0.1, 0.15) is 5.56 Å². The van der Waals surface area contributed by atoms with Crippen LogP contribution in [0.3, 0.4) is 0 Å². The number of hydrogen-bond acceptors (Lipinski definition) is 4. The maximum absolute atomic E-state index is 10.5. The Labute approximate surface area is 111 Å².